The molecule has 0 saturated carbocycles. The number of likely N-dealkylation sites (tertiary alicyclic amines) is 1. The SMILES string of the molecule is C=CCCc1nnc(N[C@H](C(=O)N2CC(Oc3nc4ccccc4nc3-c3cccc(C=C)c3)C[C@H]2C(=O)OC)C(C)(C)C)o1.COC(=O)[C@@H]1CC2CN1C(=O)[C@H](C(C)(C)C)Nc1nnc(o1)CC/C=C/c1cccc(c1)-c1nc3ccccc3nc1O2. The predicted molar refractivity (Wildman–Crippen MR) is 331 cm³/mol. The van der Waals surface area contributed by atoms with Gasteiger partial charge < -0.3 is 48.2 Å². The number of ether oxygens (including phenoxy) is 4. The van der Waals surface area contributed by atoms with Crippen molar-refractivity contribution >= 4 is 70.0 Å². The minimum atomic E-state index is -0.869. The van der Waals surface area contributed by atoms with Crippen LogP contribution in [0.1, 0.15) is 90.1 Å². The molecule has 4 aromatic heterocycles. The topological polar surface area (TPSA) is 265 Å². The lowest BCUT2D eigenvalue weighted by molar-refractivity contribution is -0.152. The van der Waals surface area contributed by atoms with Gasteiger partial charge in [-0.15, -0.1) is 16.8 Å². The fourth-order valence-corrected chi connectivity index (χ4v) is 10.8. The van der Waals surface area contributed by atoms with Gasteiger partial charge in [0.05, 0.1) is 49.4 Å². The lowest BCUT2D eigenvalue weighted by atomic mass is 9.85. The van der Waals surface area contributed by atoms with Gasteiger partial charge in [0.25, 0.3) is 0 Å². The molecule has 2 fully saturated rings. The van der Waals surface area contributed by atoms with E-state index in [1.165, 1.54) is 24.0 Å². The van der Waals surface area contributed by atoms with Gasteiger partial charge in [-0.25, -0.2) is 29.5 Å². The number of hydrogen-bond donors (Lipinski definition) is 2. The second kappa shape index (κ2) is 26.4. The van der Waals surface area contributed by atoms with Crippen molar-refractivity contribution in [2.75, 3.05) is 37.9 Å². The summed E-state index contributed by atoms with van der Waals surface area (Å²) in [5.74, 6) is -0.132. The highest BCUT2D eigenvalue weighted by Crippen LogP contribution is 2.37. The molecular formula is C66H72N12O10. The zero-order chi connectivity index (χ0) is 62.3. The Morgan fingerprint density at radius 3 is 2.11 bits per heavy atom. The summed E-state index contributed by atoms with van der Waals surface area (Å²) in [5.41, 5.74) is 6.33. The number of carbonyl (C=O) groups excluding carboxylic acids is 4. The summed E-state index contributed by atoms with van der Waals surface area (Å²) in [7, 11) is 2.62. The average molecular weight is 1190 g/mol. The highest BCUT2D eigenvalue weighted by molar-refractivity contribution is 5.92. The Bertz CT molecular complexity index is 3900. The summed E-state index contributed by atoms with van der Waals surface area (Å²) in [6.07, 6.45) is 9.38. The van der Waals surface area contributed by atoms with Crippen LogP contribution in [-0.4, -0.2) is 138 Å². The van der Waals surface area contributed by atoms with E-state index in [1.807, 2.05) is 145 Å². The summed E-state index contributed by atoms with van der Waals surface area (Å²) >= 11 is 0. The molecule has 4 aromatic carbocycles. The molecule has 0 aliphatic carbocycles. The number of nitrogens with one attached hydrogen (secondary N) is 2. The van der Waals surface area contributed by atoms with Crippen molar-refractivity contribution in [3.8, 4) is 34.3 Å². The molecule has 0 spiro atoms. The van der Waals surface area contributed by atoms with Crippen LogP contribution < -0.4 is 20.1 Å². The number of allylic oxidation sites excluding steroid dienone is 2. The Hall–Kier alpha value is -9.86. The van der Waals surface area contributed by atoms with Crippen LogP contribution in [-0.2, 0) is 41.5 Å². The molecule has 3 aliphatic heterocycles. The smallest absolute Gasteiger partial charge is 0.328 e. The maximum atomic E-state index is 14.2. The number of hydrogen-bond acceptors (Lipinski definition) is 20. The first-order chi connectivity index (χ1) is 42.3. The number of benzene rings is 4. The van der Waals surface area contributed by atoms with Crippen LogP contribution in [0.5, 0.6) is 11.8 Å². The largest absolute Gasteiger partial charge is 0.471 e. The first kappa shape index (κ1) is 61.2. The summed E-state index contributed by atoms with van der Waals surface area (Å²) in [6, 6.07) is 27.9. The van der Waals surface area contributed by atoms with Crippen LogP contribution in [0, 0.1) is 10.8 Å². The van der Waals surface area contributed by atoms with E-state index < -0.39 is 59.1 Å². The molecule has 0 radical (unpaired) electrons. The quantitative estimate of drug-likeness (QED) is 0.0850. The fourth-order valence-electron chi connectivity index (χ4n) is 10.8. The number of anilines is 2. The Morgan fingerprint density at radius 2 is 1.43 bits per heavy atom. The number of methoxy groups -OCH3 is 2. The van der Waals surface area contributed by atoms with Crippen molar-refractivity contribution in [1.29, 1.82) is 0 Å². The average Bonchev–Trinajstić information content (AvgIpc) is 4.09. The number of rotatable bonds is 12. The zero-order valence-corrected chi connectivity index (χ0v) is 50.6. The lowest BCUT2D eigenvalue weighted by Gasteiger charge is -2.34. The molecule has 7 heterocycles. The van der Waals surface area contributed by atoms with Crippen LogP contribution in [0.25, 0.3) is 56.7 Å². The number of aromatic nitrogens is 8. The van der Waals surface area contributed by atoms with Crippen molar-refractivity contribution in [2.45, 2.75) is 116 Å². The third kappa shape index (κ3) is 14.0. The zero-order valence-electron chi connectivity index (χ0n) is 50.6. The number of aryl methyl sites for hydroxylation is 2. The number of nitrogens with zero attached hydrogens (tertiary/aromatic N) is 10. The van der Waals surface area contributed by atoms with Crippen LogP contribution in [0.15, 0.2) is 131 Å². The first-order valence-corrected chi connectivity index (χ1v) is 29.2. The normalized spacial score (nSPS) is 19.3. The van der Waals surface area contributed by atoms with E-state index in [1.54, 1.807) is 12.2 Å². The van der Waals surface area contributed by atoms with Crippen molar-refractivity contribution < 1.29 is 47.0 Å². The van der Waals surface area contributed by atoms with Crippen molar-refractivity contribution in [2.24, 2.45) is 10.8 Å². The van der Waals surface area contributed by atoms with Gasteiger partial charge in [-0.3, -0.25) is 9.59 Å². The maximum absolute atomic E-state index is 14.2. The van der Waals surface area contributed by atoms with Gasteiger partial charge in [0.2, 0.25) is 35.4 Å². The van der Waals surface area contributed by atoms with E-state index >= 15 is 0 Å². The van der Waals surface area contributed by atoms with Crippen LogP contribution >= 0.6 is 0 Å². The van der Waals surface area contributed by atoms with Crippen molar-refractivity contribution in [1.82, 2.24) is 50.1 Å². The molecule has 88 heavy (non-hydrogen) atoms. The van der Waals surface area contributed by atoms with Gasteiger partial charge in [-0.2, -0.15) is 0 Å². The van der Waals surface area contributed by atoms with Crippen LogP contribution in [0.3, 0.4) is 0 Å². The number of amides is 2. The van der Waals surface area contributed by atoms with E-state index in [9.17, 15) is 19.2 Å². The van der Waals surface area contributed by atoms with Gasteiger partial charge >= 0.3 is 24.0 Å². The summed E-state index contributed by atoms with van der Waals surface area (Å²) < 4.78 is 34.8. The first-order valence-electron chi connectivity index (χ1n) is 29.2. The molecule has 2 amide bonds. The molecule has 11 rings (SSSR count). The van der Waals surface area contributed by atoms with E-state index in [0.29, 0.717) is 77.2 Å². The van der Waals surface area contributed by atoms with E-state index in [-0.39, 0.29) is 49.8 Å². The number of carbonyl (C=O) groups is 4. The van der Waals surface area contributed by atoms with Crippen LogP contribution in [0.4, 0.5) is 12.0 Å². The second-order valence-corrected chi connectivity index (χ2v) is 23.9. The number of esters is 2. The van der Waals surface area contributed by atoms with Crippen molar-refractivity contribution in [3.63, 3.8) is 0 Å². The third-order valence-electron chi connectivity index (χ3n) is 15.3. The molecule has 22 nitrogen and oxygen atoms in total. The Balaban J connectivity index is 0.000000195. The Labute approximate surface area is 509 Å². The maximum Gasteiger partial charge on any atom is 0.328 e. The minimum Gasteiger partial charge on any atom is -0.471 e. The lowest BCUT2D eigenvalue weighted by Crippen LogP contribution is -2.53. The molecule has 6 atom stereocenters. The Kier molecular flexibility index (Phi) is 18.4. The molecule has 8 aromatic rings. The van der Waals surface area contributed by atoms with E-state index in [4.69, 9.17) is 47.7 Å². The fraction of sp³-hybridized carbons (Fsp3) is 0.364. The molecule has 456 valence electrons. The minimum absolute atomic E-state index is 0.127. The number of fused-ring (bicyclic) bond motifs is 10. The van der Waals surface area contributed by atoms with E-state index in [0.717, 1.165) is 27.8 Å². The van der Waals surface area contributed by atoms with Gasteiger partial charge in [0.1, 0.15) is 47.8 Å². The molecule has 3 aliphatic rings. The highest BCUT2D eigenvalue weighted by atomic mass is 16.5. The molecule has 22 heteroatoms. The standard InChI is InChI=1S/C34H38N6O5.C32H34N6O5/c1-7-9-17-27-38-39-33(45-27)37-29(34(3,4)5)31(41)40-20-23(19-26(40)32(42)43-6)44-30-28(22-14-12-13-21(8-2)18-22)35-24-15-10-11-16-25(24)36-30;1-32(2,3)27-29(39)38-18-21(17-24(38)30(40)41-4)42-28-26(33-22-13-6-7-14-23(22)34-28)20-12-9-11-19(16-20)10-5-8-15-25-36-37-31(35-27)43-25/h7-8,10-16,18,23,26,29H,1-2,9,17,19-20H2,3-6H3,(H,37,39);5-7,9-14,16,21,24,27H,8,15,17-18H2,1-4H3,(H,35,37)/b;10-5+/t23?,26-,29+;21?,24-,27+/m00/s1. The van der Waals surface area contributed by atoms with Gasteiger partial charge in [0.15, 0.2) is 0 Å². The molecule has 6 bridgehead atoms. The molecule has 2 N–H and O–H groups in total. The van der Waals surface area contributed by atoms with Gasteiger partial charge in [-0.1, -0.05) is 143 Å². The van der Waals surface area contributed by atoms with E-state index in [2.05, 4.69) is 50.3 Å². The summed E-state index contributed by atoms with van der Waals surface area (Å²) in [4.78, 5) is 76.8. The van der Waals surface area contributed by atoms with Gasteiger partial charge in [0, 0.05) is 36.8 Å². The molecule has 2 saturated heterocycles. The molecular weight excluding hydrogens is 1120 g/mol. The third-order valence-corrected chi connectivity index (χ3v) is 15.3. The summed E-state index contributed by atoms with van der Waals surface area (Å²) in [6.45, 7) is 19.4. The predicted octanol–water partition coefficient (Wildman–Crippen LogP) is 10.2. The highest BCUT2D eigenvalue weighted by Gasteiger charge is 2.48. The van der Waals surface area contributed by atoms with Crippen molar-refractivity contribution in [3.05, 3.63) is 145 Å². The van der Waals surface area contributed by atoms with Gasteiger partial charge in [-0.05, 0) is 71.2 Å². The monoisotopic (exact) mass is 1190 g/mol. The molecule has 2 unspecified atom stereocenters. The van der Waals surface area contributed by atoms with Crippen LogP contribution in [0.2, 0.25) is 0 Å². The summed E-state index contributed by atoms with van der Waals surface area (Å²) in [5, 5.41) is 22.7. The number of para-hydroxylation sites is 4. The Morgan fingerprint density at radius 1 is 0.761 bits per heavy atom. The second-order valence-electron chi connectivity index (χ2n) is 23.9.